The first-order valence-electron chi connectivity index (χ1n) is 4.78. The second-order valence-electron chi connectivity index (χ2n) is 3.37. The van der Waals surface area contributed by atoms with Crippen LogP contribution in [0, 0.1) is 0 Å². The first kappa shape index (κ1) is 9.89. The highest BCUT2D eigenvalue weighted by atomic mass is 16.8. The predicted molar refractivity (Wildman–Crippen MR) is 45.6 cm³/mol. The molecule has 0 aliphatic carbocycles. The van der Waals surface area contributed by atoms with Crippen molar-refractivity contribution in [2.75, 3.05) is 13.2 Å². The highest BCUT2D eigenvalue weighted by molar-refractivity contribution is 5.65. The minimum atomic E-state index is -0.300. The third kappa shape index (κ3) is 1.89. The van der Waals surface area contributed by atoms with Crippen LogP contribution >= 0.6 is 0 Å². The highest BCUT2D eigenvalue weighted by Crippen LogP contribution is 2.39. The Morgan fingerprint density at radius 1 is 1.36 bits per heavy atom. The molecule has 2 aliphatic heterocycles. The number of hydrogen-bond acceptors (Lipinski definition) is 5. The lowest BCUT2D eigenvalue weighted by atomic mass is 10.2. The molecule has 0 bridgehead atoms. The van der Waals surface area contributed by atoms with Gasteiger partial charge in [-0.15, -0.1) is 0 Å². The number of carbonyl (C=O) groups excluding carboxylic acids is 1. The van der Waals surface area contributed by atoms with Crippen LogP contribution in [0.1, 0.15) is 13.8 Å². The Morgan fingerprint density at radius 2 is 2.14 bits per heavy atom. The Hall–Kier alpha value is -0.650. The molecule has 0 aromatic rings. The zero-order valence-corrected chi connectivity index (χ0v) is 8.26. The number of epoxide rings is 1. The van der Waals surface area contributed by atoms with Crippen molar-refractivity contribution in [1.82, 2.24) is 0 Å². The molecule has 0 radical (unpaired) electrons. The van der Waals surface area contributed by atoms with Crippen LogP contribution in [0.2, 0.25) is 0 Å². The number of esters is 1. The van der Waals surface area contributed by atoms with E-state index in [4.69, 9.17) is 18.9 Å². The molecule has 14 heavy (non-hydrogen) atoms. The molecule has 0 spiro atoms. The quantitative estimate of drug-likeness (QED) is 0.477. The van der Waals surface area contributed by atoms with Crippen molar-refractivity contribution in [3.63, 3.8) is 0 Å². The predicted octanol–water partition coefficient (Wildman–Crippen LogP) is 0.0783. The summed E-state index contributed by atoms with van der Waals surface area (Å²) >= 11 is 0. The lowest BCUT2D eigenvalue weighted by Crippen LogP contribution is -2.26. The van der Waals surface area contributed by atoms with E-state index in [1.807, 2.05) is 6.92 Å². The molecule has 0 unspecified atom stereocenters. The largest absolute Gasteiger partial charge is 0.463 e. The van der Waals surface area contributed by atoms with Gasteiger partial charge >= 0.3 is 5.97 Å². The third-order valence-corrected chi connectivity index (χ3v) is 2.29. The van der Waals surface area contributed by atoms with Crippen molar-refractivity contribution < 1.29 is 23.7 Å². The van der Waals surface area contributed by atoms with E-state index >= 15 is 0 Å². The fourth-order valence-electron chi connectivity index (χ4n) is 1.61. The second-order valence-corrected chi connectivity index (χ2v) is 3.37. The third-order valence-electron chi connectivity index (χ3n) is 2.29. The van der Waals surface area contributed by atoms with Gasteiger partial charge in [0.05, 0.1) is 0 Å². The molecular formula is C9H14O5. The van der Waals surface area contributed by atoms with Gasteiger partial charge in [0, 0.05) is 13.5 Å². The van der Waals surface area contributed by atoms with Gasteiger partial charge in [-0.05, 0) is 6.92 Å². The van der Waals surface area contributed by atoms with Crippen LogP contribution in [0.25, 0.3) is 0 Å². The molecule has 2 rings (SSSR count). The summed E-state index contributed by atoms with van der Waals surface area (Å²) in [4.78, 5) is 10.6. The van der Waals surface area contributed by atoms with E-state index in [1.165, 1.54) is 6.92 Å². The monoisotopic (exact) mass is 202 g/mol. The second kappa shape index (κ2) is 3.84. The number of ether oxygens (including phenoxy) is 4. The zero-order valence-electron chi connectivity index (χ0n) is 8.26. The molecule has 2 heterocycles. The lowest BCUT2D eigenvalue weighted by Gasteiger charge is -2.16. The summed E-state index contributed by atoms with van der Waals surface area (Å²) in [5, 5.41) is 0. The summed E-state index contributed by atoms with van der Waals surface area (Å²) in [7, 11) is 0. The molecule has 0 N–H and O–H groups in total. The van der Waals surface area contributed by atoms with Gasteiger partial charge in [-0.1, -0.05) is 0 Å². The van der Waals surface area contributed by atoms with Crippen LogP contribution in [0.4, 0.5) is 0 Å². The molecule has 0 aromatic heterocycles. The average molecular weight is 202 g/mol. The van der Waals surface area contributed by atoms with Crippen molar-refractivity contribution in [3.8, 4) is 0 Å². The number of carbonyl (C=O) groups is 1. The summed E-state index contributed by atoms with van der Waals surface area (Å²) in [6.45, 7) is 4.12. The van der Waals surface area contributed by atoms with E-state index in [9.17, 15) is 4.79 Å². The van der Waals surface area contributed by atoms with Gasteiger partial charge < -0.3 is 18.9 Å². The van der Waals surface area contributed by atoms with Crippen molar-refractivity contribution >= 4 is 5.97 Å². The van der Waals surface area contributed by atoms with Crippen molar-refractivity contribution in [2.24, 2.45) is 0 Å². The SMILES string of the molecule is CCO[C@H]1O[C@H](COC(C)=O)[C@@H]2O[C@H]12. The normalized spacial score (nSPS) is 39.3. The Balaban J connectivity index is 1.77. The summed E-state index contributed by atoms with van der Waals surface area (Å²) in [5.74, 6) is -0.300. The fourth-order valence-corrected chi connectivity index (χ4v) is 1.61. The lowest BCUT2D eigenvalue weighted by molar-refractivity contribution is -0.184. The topological polar surface area (TPSA) is 57.3 Å². The van der Waals surface area contributed by atoms with Gasteiger partial charge in [-0.25, -0.2) is 0 Å². The van der Waals surface area contributed by atoms with Crippen molar-refractivity contribution in [3.05, 3.63) is 0 Å². The molecule has 2 aliphatic rings. The maximum atomic E-state index is 10.6. The average Bonchev–Trinajstić information content (AvgIpc) is 2.84. The molecule has 0 aromatic carbocycles. The molecule has 80 valence electrons. The first-order valence-corrected chi connectivity index (χ1v) is 4.78. The Labute approximate surface area is 82.3 Å². The van der Waals surface area contributed by atoms with Crippen LogP contribution in [0.3, 0.4) is 0 Å². The molecule has 4 atom stereocenters. The molecule has 5 heteroatoms. The Kier molecular flexibility index (Phi) is 2.71. The van der Waals surface area contributed by atoms with Crippen LogP contribution in [-0.2, 0) is 23.7 Å². The van der Waals surface area contributed by atoms with Crippen molar-refractivity contribution in [2.45, 2.75) is 38.4 Å². The van der Waals surface area contributed by atoms with E-state index < -0.39 is 0 Å². The van der Waals surface area contributed by atoms with Crippen LogP contribution in [0.5, 0.6) is 0 Å². The molecular weight excluding hydrogens is 188 g/mol. The van der Waals surface area contributed by atoms with Gasteiger partial charge in [-0.3, -0.25) is 4.79 Å². The van der Waals surface area contributed by atoms with Gasteiger partial charge in [0.25, 0.3) is 0 Å². The maximum Gasteiger partial charge on any atom is 0.302 e. The van der Waals surface area contributed by atoms with E-state index in [2.05, 4.69) is 0 Å². The van der Waals surface area contributed by atoms with Gasteiger partial charge in [-0.2, -0.15) is 0 Å². The minimum Gasteiger partial charge on any atom is -0.463 e. The van der Waals surface area contributed by atoms with E-state index in [0.717, 1.165) is 0 Å². The van der Waals surface area contributed by atoms with Gasteiger partial charge in [0.15, 0.2) is 6.29 Å². The summed E-state index contributed by atoms with van der Waals surface area (Å²) in [6.07, 6.45) is -0.368. The molecule has 2 saturated heterocycles. The van der Waals surface area contributed by atoms with Crippen LogP contribution < -0.4 is 0 Å². The minimum absolute atomic E-state index is 0.0375. The Bertz CT molecular complexity index is 229. The van der Waals surface area contributed by atoms with Gasteiger partial charge in [0.1, 0.15) is 24.9 Å². The number of rotatable bonds is 4. The smallest absolute Gasteiger partial charge is 0.302 e. The molecule has 2 fully saturated rings. The first-order chi connectivity index (χ1) is 6.72. The van der Waals surface area contributed by atoms with Gasteiger partial charge in [0.2, 0.25) is 0 Å². The highest BCUT2D eigenvalue weighted by Gasteiger charge is 2.59. The maximum absolute atomic E-state index is 10.6. The number of fused-ring (bicyclic) bond motifs is 1. The fraction of sp³-hybridized carbons (Fsp3) is 0.889. The molecule has 0 amide bonds. The summed E-state index contributed by atoms with van der Waals surface area (Å²) in [6, 6.07) is 0. The summed E-state index contributed by atoms with van der Waals surface area (Å²) < 4.78 is 21.0. The molecule has 0 saturated carbocycles. The van der Waals surface area contributed by atoms with Crippen LogP contribution in [0.15, 0.2) is 0 Å². The zero-order chi connectivity index (χ0) is 10.1. The number of hydrogen-bond donors (Lipinski definition) is 0. The van der Waals surface area contributed by atoms with Crippen LogP contribution in [-0.4, -0.2) is 43.8 Å². The Morgan fingerprint density at radius 3 is 2.79 bits per heavy atom. The van der Waals surface area contributed by atoms with E-state index in [-0.39, 0.29) is 37.2 Å². The molecule has 5 nitrogen and oxygen atoms in total. The summed E-state index contributed by atoms with van der Waals surface area (Å²) in [5.41, 5.74) is 0. The van der Waals surface area contributed by atoms with E-state index in [0.29, 0.717) is 6.61 Å². The van der Waals surface area contributed by atoms with Crippen molar-refractivity contribution in [1.29, 1.82) is 0 Å². The standard InChI is InChI=1S/C9H14O5/c1-3-11-9-8-7(14-8)6(13-9)4-12-5(2)10/h6-9H,3-4H2,1-2H3/t6-,7+,8+,9+/m1/s1. The van der Waals surface area contributed by atoms with E-state index in [1.54, 1.807) is 0 Å².